The molecule has 0 bridgehead atoms. The minimum absolute atomic E-state index is 0.0461. The number of nitrogens with zero attached hydrogens (tertiary/aromatic N) is 1. The van der Waals surface area contributed by atoms with Gasteiger partial charge < -0.3 is 19.7 Å². The van der Waals surface area contributed by atoms with Crippen LogP contribution in [0.5, 0.6) is 5.75 Å². The van der Waals surface area contributed by atoms with Crippen molar-refractivity contribution in [1.82, 2.24) is 5.32 Å². The molecule has 2 amide bonds. The second-order valence-electron chi connectivity index (χ2n) is 12.3. The molecule has 0 saturated heterocycles. The Morgan fingerprint density at radius 3 is 1.98 bits per heavy atom. The Bertz CT molecular complexity index is 1340. The van der Waals surface area contributed by atoms with Gasteiger partial charge in [-0.25, -0.2) is 0 Å². The first-order valence-corrected chi connectivity index (χ1v) is 13.4. The van der Waals surface area contributed by atoms with E-state index in [2.05, 4.69) is 5.32 Å². The molecule has 0 aromatic heterocycles. The number of carbonyl (C=O) groups excluding carboxylic acids is 3. The van der Waals surface area contributed by atoms with Crippen LogP contribution in [0.2, 0.25) is 0 Å². The van der Waals surface area contributed by atoms with Crippen molar-refractivity contribution >= 4 is 23.5 Å². The smallest absolute Gasteiger partial charge is 0.416 e. The normalized spacial score (nSPS) is 14.7. The molecule has 3 rings (SSSR count). The summed E-state index contributed by atoms with van der Waals surface area (Å²) >= 11 is 0. The fraction of sp³-hybridized carbons (Fsp3) is 0.500. The highest BCUT2D eigenvalue weighted by Crippen LogP contribution is 2.37. The number of esters is 1. The van der Waals surface area contributed by atoms with E-state index in [9.17, 15) is 40.7 Å². The number of alkyl halides is 6. The number of fused-ring (bicyclic) bond motifs is 1. The molecule has 7 nitrogen and oxygen atoms in total. The van der Waals surface area contributed by atoms with Gasteiger partial charge in [-0.15, -0.1) is 0 Å². The van der Waals surface area contributed by atoms with E-state index in [0.29, 0.717) is 29.8 Å². The van der Waals surface area contributed by atoms with Gasteiger partial charge in [-0.3, -0.25) is 14.4 Å². The van der Waals surface area contributed by atoms with Crippen LogP contribution in [0.4, 0.5) is 32.0 Å². The largest absolute Gasteiger partial charge is 0.489 e. The third kappa shape index (κ3) is 9.11. The maximum atomic E-state index is 13.6. The van der Waals surface area contributed by atoms with Gasteiger partial charge in [-0.2, -0.15) is 26.3 Å². The molecule has 43 heavy (non-hydrogen) atoms. The van der Waals surface area contributed by atoms with Gasteiger partial charge in [0.15, 0.2) is 0 Å². The maximum absolute atomic E-state index is 13.6. The summed E-state index contributed by atoms with van der Waals surface area (Å²) in [6.07, 6.45) is -10.0. The first-order valence-electron chi connectivity index (χ1n) is 13.4. The molecule has 1 unspecified atom stereocenters. The number of halogens is 6. The number of rotatable bonds is 7. The van der Waals surface area contributed by atoms with E-state index in [-0.39, 0.29) is 23.9 Å². The summed E-state index contributed by atoms with van der Waals surface area (Å²) < 4.78 is 90.0. The molecule has 1 N–H and O–H groups in total. The number of hydrogen-bond acceptors (Lipinski definition) is 5. The molecule has 1 aliphatic rings. The van der Waals surface area contributed by atoms with Crippen LogP contribution < -0.4 is 15.0 Å². The van der Waals surface area contributed by atoms with Crippen molar-refractivity contribution in [1.29, 1.82) is 0 Å². The van der Waals surface area contributed by atoms with Crippen LogP contribution in [0.15, 0.2) is 36.4 Å². The number of nitrogens with one attached hydrogen (secondary N) is 1. The number of carbonyl (C=O) groups is 3. The van der Waals surface area contributed by atoms with E-state index in [1.807, 2.05) is 0 Å². The van der Waals surface area contributed by atoms with Crippen LogP contribution in [0.3, 0.4) is 0 Å². The lowest BCUT2D eigenvalue weighted by molar-refractivity contribution is -0.156. The van der Waals surface area contributed by atoms with Gasteiger partial charge in [0, 0.05) is 17.6 Å². The van der Waals surface area contributed by atoms with Crippen LogP contribution in [-0.2, 0) is 44.5 Å². The molecular formula is C30H34F6N2O5. The van der Waals surface area contributed by atoms with Crippen molar-refractivity contribution in [2.45, 2.75) is 85.0 Å². The monoisotopic (exact) mass is 616 g/mol. The molecule has 0 aliphatic carbocycles. The number of amides is 2. The molecule has 1 aliphatic heterocycles. The summed E-state index contributed by atoms with van der Waals surface area (Å²) in [5, 5.41) is 2.65. The second kappa shape index (κ2) is 12.1. The minimum Gasteiger partial charge on any atom is -0.489 e. The number of ether oxygens (including phenoxy) is 2. The fourth-order valence-corrected chi connectivity index (χ4v) is 4.28. The van der Waals surface area contributed by atoms with Crippen LogP contribution >= 0.6 is 0 Å². The van der Waals surface area contributed by atoms with Crippen molar-refractivity contribution < 1.29 is 50.2 Å². The summed E-state index contributed by atoms with van der Waals surface area (Å²) in [6.45, 7) is 9.64. The van der Waals surface area contributed by atoms with E-state index in [1.165, 1.54) is 23.1 Å². The Kier molecular flexibility index (Phi) is 9.48. The second-order valence-corrected chi connectivity index (χ2v) is 12.3. The summed E-state index contributed by atoms with van der Waals surface area (Å²) in [5.41, 5.74) is -3.76. The third-order valence-corrected chi connectivity index (χ3v) is 6.34. The fourth-order valence-electron chi connectivity index (χ4n) is 4.28. The van der Waals surface area contributed by atoms with E-state index in [4.69, 9.17) is 9.47 Å². The quantitative estimate of drug-likeness (QED) is 0.285. The third-order valence-electron chi connectivity index (χ3n) is 6.34. The van der Waals surface area contributed by atoms with Crippen LogP contribution in [0.1, 0.15) is 70.2 Å². The predicted octanol–water partition coefficient (Wildman–Crippen LogP) is 6.46. The van der Waals surface area contributed by atoms with Crippen molar-refractivity contribution in [3.63, 3.8) is 0 Å². The van der Waals surface area contributed by atoms with Crippen molar-refractivity contribution in [2.75, 3.05) is 11.4 Å². The van der Waals surface area contributed by atoms with Gasteiger partial charge in [-0.1, -0.05) is 20.8 Å². The summed E-state index contributed by atoms with van der Waals surface area (Å²) in [5.74, 6) is -1.49. The number of hydrogen-bond donors (Lipinski definition) is 1. The van der Waals surface area contributed by atoms with E-state index in [1.54, 1.807) is 41.5 Å². The summed E-state index contributed by atoms with van der Waals surface area (Å²) in [7, 11) is 0. The zero-order valence-corrected chi connectivity index (χ0v) is 24.6. The zero-order valence-electron chi connectivity index (χ0n) is 24.6. The van der Waals surface area contributed by atoms with Crippen LogP contribution in [0.25, 0.3) is 0 Å². The molecule has 2 aromatic rings. The standard InChI is InChI=1S/C30H34F6N2O5/c1-27(2,3)26(41)37-22(15-24(39)43-28(4,5)6)25(40)38-10-9-18-13-21(7-8-23(18)38)42-16-17-11-19(29(31,32)33)14-20(12-17)30(34,35)36/h7-8,11-14,22H,9-10,15-16H2,1-6H3,(H,37,41). The van der Waals surface area contributed by atoms with Gasteiger partial charge in [-0.05, 0) is 74.7 Å². The molecule has 0 radical (unpaired) electrons. The van der Waals surface area contributed by atoms with Crippen molar-refractivity contribution in [2.24, 2.45) is 5.41 Å². The highest BCUT2D eigenvalue weighted by molar-refractivity contribution is 6.02. The first kappa shape index (κ1) is 33.7. The SMILES string of the molecule is CC(C)(C)OC(=O)CC(NC(=O)C(C)(C)C)C(=O)N1CCc2cc(OCc3cc(C(F)(F)F)cc(C(F)(F)F)c3)ccc21. The molecule has 1 heterocycles. The van der Waals surface area contributed by atoms with Crippen molar-refractivity contribution in [3.8, 4) is 5.75 Å². The molecule has 0 saturated carbocycles. The molecule has 2 aromatic carbocycles. The molecule has 1 atom stereocenters. The lowest BCUT2D eigenvalue weighted by Crippen LogP contribution is -2.52. The van der Waals surface area contributed by atoms with Gasteiger partial charge >= 0.3 is 18.3 Å². The van der Waals surface area contributed by atoms with Gasteiger partial charge in [0.2, 0.25) is 11.8 Å². The Labute approximate surface area is 245 Å². The van der Waals surface area contributed by atoms with Gasteiger partial charge in [0.05, 0.1) is 17.5 Å². The minimum atomic E-state index is -4.98. The van der Waals surface area contributed by atoms with E-state index < -0.39 is 71.3 Å². The summed E-state index contributed by atoms with van der Waals surface area (Å²) in [4.78, 5) is 40.3. The van der Waals surface area contributed by atoms with Gasteiger partial charge in [0.25, 0.3) is 0 Å². The Balaban J connectivity index is 1.80. The first-order chi connectivity index (χ1) is 19.5. The lowest BCUT2D eigenvalue weighted by atomic mass is 9.95. The average molecular weight is 617 g/mol. The van der Waals surface area contributed by atoms with Crippen LogP contribution in [-0.4, -0.2) is 36.0 Å². The maximum Gasteiger partial charge on any atom is 0.416 e. The molecule has 0 fully saturated rings. The predicted molar refractivity (Wildman–Crippen MR) is 145 cm³/mol. The van der Waals surface area contributed by atoms with Gasteiger partial charge in [0.1, 0.15) is 24.0 Å². The molecular weight excluding hydrogens is 582 g/mol. The highest BCUT2D eigenvalue weighted by atomic mass is 19.4. The number of benzene rings is 2. The zero-order chi connectivity index (χ0) is 32.5. The Morgan fingerprint density at radius 1 is 0.884 bits per heavy atom. The van der Waals surface area contributed by atoms with E-state index in [0.717, 1.165) is 0 Å². The molecule has 236 valence electrons. The average Bonchev–Trinajstić information content (AvgIpc) is 3.27. The molecule has 0 spiro atoms. The highest BCUT2D eigenvalue weighted by Gasteiger charge is 2.38. The lowest BCUT2D eigenvalue weighted by Gasteiger charge is -2.28. The number of anilines is 1. The Hall–Kier alpha value is -3.77. The Morgan fingerprint density at radius 2 is 1.47 bits per heavy atom. The van der Waals surface area contributed by atoms with Crippen molar-refractivity contribution in [3.05, 3.63) is 58.7 Å². The topological polar surface area (TPSA) is 84.9 Å². The van der Waals surface area contributed by atoms with Crippen LogP contribution in [0, 0.1) is 5.41 Å². The molecule has 13 heteroatoms. The van der Waals surface area contributed by atoms with E-state index >= 15 is 0 Å². The summed E-state index contributed by atoms with van der Waals surface area (Å²) in [6, 6.07) is 4.52.